The van der Waals surface area contributed by atoms with E-state index in [2.05, 4.69) is 0 Å². The molecule has 2 aromatic rings. The van der Waals surface area contributed by atoms with Crippen molar-refractivity contribution in [2.45, 2.75) is 38.9 Å². The third-order valence-corrected chi connectivity index (χ3v) is 5.62. The molecule has 1 aliphatic heterocycles. The van der Waals surface area contributed by atoms with Crippen LogP contribution in [-0.4, -0.2) is 46.2 Å². The number of β-amino-alcohol motifs (C(OH)–C–C–N with tert-alkyl or cyclic N) is 1. The van der Waals surface area contributed by atoms with Crippen molar-refractivity contribution in [3.63, 3.8) is 0 Å². The van der Waals surface area contributed by atoms with Crippen LogP contribution in [0.25, 0.3) is 0 Å². The van der Waals surface area contributed by atoms with E-state index in [9.17, 15) is 19.8 Å². The molecule has 2 atom stereocenters. The molecule has 0 unspecified atom stereocenters. The van der Waals surface area contributed by atoms with Crippen LogP contribution in [0.15, 0.2) is 54.6 Å². The maximum absolute atomic E-state index is 12.8. The Kier molecular flexibility index (Phi) is 6.54. The first kappa shape index (κ1) is 20.9. The quantitative estimate of drug-likeness (QED) is 0.748. The van der Waals surface area contributed by atoms with E-state index < -0.39 is 17.5 Å². The Bertz CT molecular complexity index is 836. The van der Waals surface area contributed by atoms with E-state index in [1.807, 2.05) is 49.4 Å². The molecule has 0 spiro atoms. The molecule has 1 fully saturated rings. The Morgan fingerprint density at radius 2 is 1.83 bits per heavy atom. The molecule has 6 nitrogen and oxygen atoms in total. The number of carbonyl (C=O) groups excluding carboxylic acids is 1. The van der Waals surface area contributed by atoms with Crippen molar-refractivity contribution >= 4 is 11.9 Å². The number of aliphatic hydroxyl groups is 1. The Hall–Kier alpha value is -2.86. The normalized spacial score (nSPS) is 21.6. The largest absolute Gasteiger partial charge is 0.489 e. The van der Waals surface area contributed by atoms with Gasteiger partial charge in [-0.2, -0.15) is 0 Å². The summed E-state index contributed by atoms with van der Waals surface area (Å²) in [5.41, 5.74) is 0.292. The number of para-hydroxylation sites is 1. The van der Waals surface area contributed by atoms with Crippen LogP contribution >= 0.6 is 0 Å². The van der Waals surface area contributed by atoms with Crippen LogP contribution in [0.5, 0.6) is 5.75 Å². The number of hydrogen-bond donors (Lipinski definition) is 2. The fraction of sp³-hybridized carbons (Fsp3) is 0.391. The summed E-state index contributed by atoms with van der Waals surface area (Å²) in [6.07, 6.45) is 0.258. The Balaban J connectivity index is 1.61. The van der Waals surface area contributed by atoms with Gasteiger partial charge >= 0.3 is 5.97 Å². The second kappa shape index (κ2) is 9.09. The molecule has 154 valence electrons. The van der Waals surface area contributed by atoms with E-state index in [4.69, 9.17) is 4.74 Å². The van der Waals surface area contributed by atoms with Gasteiger partial charge in [-0.3, -0.25) is 9.59 Å². The van der Waals surface area contributed by atoms with E-state index in [0.717, 1.165) is 11.3 Å². The molecule has 2 aromatic carbocycles. The number of aliphatic hydroxyl groups excluding tert-OH is 1. The van der Waals surface area contributed by atoms with Crippen LogP contribution in [0.4, 0.5) is 0 Å². The van der Waals surface area contributed by atoms with Gasteiger partial charge in [0.25, 0.3) is 5.91 Å². The monoisotopic (exact) mass is 397 g/mol. The molecule has 3 rings (SSSR count). The smallest absolute Gasteiger partial charge is 0.312 e. The Morgan fingerprint density at radius 3 is 2.41 bits per heavy atom. The second-order valence-corrected chi connectivity index (χ2v) is 7.53. The van der Waals surface area contributed by atoms with Gasteiger partial charge in [0.2, 0.25) is 0 Å². The van der Waals surface area contributed by atoms with Crippen LogP contribution in [0.3, 0.4) is 0 Å². The highest BCUT2D eigenvalue weighted by Crippen LogP contribution is 2.37. The number of likely N-dealkylation sites (tertiary alicyclic amines) is 1. The number of ether oxygens (including phenoxy) is 1. The Morgan fingerprint density at radius 1 is 1.14 bits per heavy atom. The summed E-state index contributed by atoms with van der Waals surface area (Å²) in [4.78, 5) is 26.1. The molecular weight excluding hydrogens is 370 g/mol. The molecule has 0 bridgehead atoms. The van der Waals surface area contributed by atoms with Crippen molar-refractivity contribution in [3.05, 3.63) is 65.7 Å². The van der Waals surface area contributed by atoms with Gasteiger partial charge in [-0.05, 0) is 42.7 Å². The number of amides is 1. The number of carbonyl (C=O) groups is 2. The van der Waals surface area contributed by atoms with Crippen LogP contribution in [0.1, 0.15) is 42.1 Å². The number of rotatable bonds is 7. The molecule has 0 saturated carbocycles. The minimum Gasteiger partial charge on any atom is -0.489 e. The number of nitrogens with zero attached hydrogens (tertiary/aromatic N) is 1. The number of benzene rings is 2. The minimum absolute atomic E-state index is 0.0317. The summed E-state index contributed by atoms with van der Waals surface area (Å²) in [7, 11) is 0. The van der Waals surface area contributed by atoms with Crippen molar-refractivity contribution in [1.82, 2.24) is 4.90 Å². The average molecular weight is 397 g/mol. The van der Waals surface area contributed by atoms with Gasteiger partial charge in [0.1, 0.15) is 12.4 Å². The van der Waals surface area contributed by atoms with Crippen molar-refractivity contribution < 1.29 is 24.5 Å². The van der Waals surface area contributed by atoms with E-state index in [1.54, 1.807) is 12.1 Å². The van der Waals surface area contributed by atoms with Crippen LogP contribution < -0.4 is 4.74 Å². The van der Waals surface area contributed by atoms with Crippen molar-refractivity contribution in [1.29, 1.82) is 0 Å². The molecule has 1 heterocycles. The first-order chi connectivity index (χ1) is 14.0. The predicted molar refractivity (Wildman–Crippen MR) is 109 cm³/mol. The molecule has 1 amide bonds. The summed E-state index contributed by atoms with van der Waals surface area (Å²) in [6.45, 7) is 2.65. The molecule has 0 radical (unpaired) electrons. The zero-order valence-corrected chi connectivity index (χ0v) is 16.6. The van der Waals surface area contributed by atoms with Gasteiger partial charge in [0.15, 0.2) is 0 Å². The lowest BCUT2D eigenvalue weighted by molar-refractivity contribution is -0.162. The summed E-state index contributed by atoms with van der Waals surface area (Å²) in [5, 5.41) is 20.1. The van der Waals surface area contributed by atoms with Crippen molar-refractivity contribution in [2.75, 3.05) is 13.1 Å². The molecular formula is C23H27NO5. The number of carboxylic acid groups (broad SMARTS) is 1. The van der Waals surface area contributed by atoms with Gasteiger partial charge in [0.05, 0.1) is 11.5 Å². The molecule has 1 aliphatic rings. The standard InChI is InChI=1S/C23H27NO5/c1-2-12-23(22(27)28)13-14-24(15-20(23)25)21(26)18-10-8-17(9-11-18)16-29-19-6-4-3-5-7-19/h3-11,20,25H,2,12-16H2,1H3,(H,27,28)/t20-,23-/m0/s1. The Labute approximate surface area is 170 Å². The van der Waals surface area contributed by atoms with E-state index in [0.29, 0.717) is 31.6 Å². The van der Waals surface area contributed by atoms with Crippen LogP contribution in [0, 0.1) is 5.41 Å². The SMILES string of the molecule is CCC[C@]1(C(=O)O)CCN(C(=O)c2ccc(COc3ccccc3)cc2)C[C@@H]1O. The lowest BCUT2D eigenvalue weighted by Gasteiger charge is -2.42. The van der Waals surface area contributed by atoms with E-state index in [-0.39, 0.29) is 18.9 Å². The number of hydrogen-bond acceptors (Lipinski definition) is 4. The maximum atomic E-state index is 12.8. The number of piperidine rings is 1. The average Bonchev–Trinajstić information content (AvgIpc) is 2.74. The zero-order valence-electron chi connectivity index (χ0n) is 16.6. The van der Waals surface area contributed by atoms with Crippen LogP contribution in [0.2, 0.25) is 0 Å². The van der Waals surface area contributed by atoms with Crippen molar-refractivity contribution in [3.8, 4) is 5.75 Å². The highest BCUT2D eigenvalue weighted by Gasteiger charge is 2.48. The van der Waals surface area contributed by atoms with Gasteiger partial charge in [-0.15, -0.1) is 0 Å². The highest BCUT2D eigenvalue weighted by atomic mass is 16.5. The second-order valence-electron chi connectivity index (χ2n) is 7.53. The third-order valence-electron chi connectivity index (χ3n) is 5.62. The van der Waals surface area contributed by atoms with E-state index >= 15 is 0 Å². The van der Waals surface area contributed by atoms with Gasteiger partial charge < -0.3 is 19.8 Å². The van der Waals surface area contributed by atoms with Gasteiger partial charge in [0, 0.05) is 18.7 Å². The predicted octanol–water partition coefficient (Wildman–Crippen LogP) is 3.34. The highest BCUT2D eigenvalue weighted by molar-refractivity contribution is 5.94. The molecule has 0 aliphatic carbocycles. The van der Waals surface area contributed by atoms with Gasteiger partial charge in [-0.25, -0.2) is 0 Å². The third kappa shape index (κ3) is 4.59. The minimum atomic E-state index is -1.16. The zero-order chi connectivity index (χ0) is 20.9. The topological polar surface area (TPSA) is 87.1 Å². The molecule has 6 heteroatoms. The van der Waals surface area contributed by atoms with E-state index in [1.165, 1.54) is 4.90 Å². The molecule has 1 saturated heterocycles. The number of aliphatic carboxylic acids is 1. The fourth-order valence-corrected chi connectivity index (χ4v) is 3.86. The molecule has 29 heavy (non-hydrogen) atoms. The van der Waals surface area contributed by atoms with Gasteiger partial charge in [-0.1, -0.05) is 43.7 Å². The summed E-state index contributed by atoms with van der Waals surface area (Å²) in [5.74, 6) is -0.402. The van der Waals surface area contributed by atoms with Crippen molar-refractivity contribution in [2.24, 2.45) is 5.41 Å². The molecule has 2 N–H and O–H groups in total. The van der Waals surface area contributed by atoms with Crippen LogP contribution in [-0.2, 0) is 11.4 Å². The number of carboxylic acids is 1. The summed E-state index contributed by atoms with van der Waals surface area (Å²) in [6, 6.07) is 16.7. The maximum Gasteiger partial charge on any atom is 0.312 e. The first-order valence-corrected chi connectivity index (χ1v) is 9.94. The summed E-state index contributed by atoms with van der Waals surface area (Å²) < 4.78 is 5.71. The molecule has 0 aromatic heterocycles. The lowest BCUT2D eigenvalue weighted by atomic mass is 9.72. The first-order valence-electron chi connectivity index (χ1n) is 9.94. The fourth-order valence-electron chi connectivity index (χ4n) is 3.86. The lowest BCUT2D eigenvalue weighted by Crippen LogP contribution is -2.56. The summed E-state index contributed by atoms with van der Waals surface area (Å²) >= 11 is 0.